The molecule has 0 bridgehead atoms. The van der Waals surface area contributed by atoms with E-state index in [0.29, 0.717) is 16.5 Å². The van der Waals surface area contributed by atoms with Crippen LogP contribution in [-0.4, -0.2) is 40.1 Å². The van der Waals surface area contributed by atoms with Gasteiger partial charge < -0.3 is 14.8 Å². The molecule has 156 valence electrons. The van der Waals surface area contributed by atoms with Crippen molar-refractivity contribution in [3.63, 3.8) is 0 Å². The molecule has 0 aliphatic carbocycles. The zero-order valence-electron chi connectivity index (χ0n) is 15.7. The summed E-state index contributed by atoms with van der Waals surface area (Å²) < 4.78 is 37.1. The van der Waals surface area contributed by atoms with Crippen LogP contribution in [0.2, 0.25) is 5.02 Å². The first-order valence-electron chi connectivity index (χ1n) is 8.67. The van der Waals surface area contributed by atoms with Gasteiger partial charge >= 0.3 is 5.97 Å². The van der Waals surface area contributed by atoms with Crippen molar-refractivity contribution >= 4 is 39.2 Å². The lowest BCUT2D eigenvalue weighted by Gasteiger charge is -2.09. The molecule has 0 aliphatic rings. The lowest BCUT2D eigenvalue weighted by Crippen LogP contribution is -2.27. The standard InChI is InChI=1S/C19H21ClN2O6S/c1-14(23)22-16-5-7-18(8-6-16)29(25,26)21-10-9-19(24)28-12-11-27-17-4-2-3-15(20)13-17/h2-8,13,21H,9-12H2,1H3,(H,22,23). The average molecular weight is 441 g/mol. The molecular formula is C19H21ClN2O6S. The maximum Gasteiger partial charge on any atom is 0.307 e. The Bertz CT molecular complexity index is 947. The number of benzene rings is 2. The number of ether oxygens (including phenoxy) is 2. The summed E-state index contributed by atoms with van der Waals surface area (Å²) in [4.78, 5) is 22.7. The van der Waals surface area contributed by atoms with Crippen molar-refractivity contribution in [2.75, 3.05) is 25.1 Å². The van der Waals surface area contributed by atoms with Gasteiger partial charge in [-0.3, -0.25) is 9.59 Å². The van der Waals surface area contributed by atoms with Gasteiger partial charge in [-0.15, -0.1) is 0 Å². The van der Waals surface area contributed by atoms with Crippen LogP contribution in [0.5, 0.6) is 5.75 Å². The second-order valence-corrected chi connectivity index (χ2v) is 8.08. The van der Waals surface area contributed by atoms with E-state index >= 15 is 0 Å². The van der Waals surface area contributed by atoms with Gasteiger partial charge in [-0.05, 0) is 42.5 Å². The number of hydrogen-bond donors (Lipinski definition) is 2. The molecule has 8 nitrogen and oxygen atoms in total. The summed E-state index contributed by atoms with van der Waals surface area (Å²) in [5, 5.41) is 3.09. The highest BCUT2D eigenvalue weighted by Gasteiger charge is 2.14. The molecule has 2 rings (SSSR count). The first kappa shape index (κ1) is 22.7. The van der Waals surface area contributed by atoms with Gasteiger partial charge in [0.05, 0.1) is 11.3 Å². The molecule has 0 saturated carbocycles. The Morgan fingerprint density at radius 3 is 2.45 bits per heavy atom. The number of amides is 1. The highest BCUT2D eigenvalue weighted by atomic mass is 35.5. The number of nitrogens with one attached hydrogen (secondary N) is 2. The molecule has 0 unspecified atom stereocenters. The van der Waals surface area contributed by atoms with Crippen LogP contribution in [0.25, 0.3) is 0 Å². The molecule has 0 saturated heterocycles. The van der Waals surface area contributed by atoms with Crippen LogP contribution < -0.4 is 14.8 Å². The molecule has 2 N–H and O–H groups in total. The topological polar surface area (TPSA) is 111 Å². The molecule has 0 atom stereocenters. The quantitative estimate of drug-likeness (QED) is 0.434. The average Bonchev–Trinajstić information content (AvgIpc) is 2.65. The first-order chi connectivity index (χ1) is 13.8. The van der Waals surface area contributed by atoms with Crippen molar-refractivity contribution in [1.29, 1.82) is 0 Å². The number of carbonyl (C=O) groups excluding carboxylic acids is 2. The van der Waals surface area contributed by atoms with Crippen molar-refractivity contribution < 1.29 is 27.5 Å². The molecule has 0 heterocycles. The molecular weight excluding hydrogens is 420 g/mol. The van der Waals surface area contributed by atoms with Crippen molar-refractivity contribution in [2.24, 2.45) is 0 Å². The van der Waals surface area contributed by atoms with E-state index in [1.165, 1.54) is 31.2 Å². The lowest BCUT2D eigenvalue weighted by atomic mass is 10.3. The van der Waals surface area contributed by atoms with Gasteiger partial charge in [0.15, 0.2) is 0 Å². The monoisotopic (exact) mass is 440 g/mol. The number of anilines is 1. The number of hydrogen-bond acceptors (Lipinski definition) is 6. The van der Waals surface area contributed by atoms with Crippen LogP contribution in [0.15, 0.2) is 53.4 Å². The Morgan fingerprint density at radius 1 is 1.07 bits per heavy atom. The minimum absolute atomic E-state index is 0.0230. The SMILES string of the molecule is CC(=O)Nc1ccc(S(=O)(=O)NCCC(=O)OCCOc2cccc(Cl)c2)cc1. The van der Waals surface area contributed by atoms with E-state index in [-0.39, 0.29) is 37.0 Å². The van der Waals surface area contributed by atoms with Gasteiger partial charge in [0.25, 0.3) is 0 Å². The molecule has 0 aliphatic heterocycles. The van der Waals surface area contributed by atoms with Crippen molar-refractivity contribution in [3.05, 3.63) is 53.6 Å². The zero-order valence-corrected chi connectivity index (χ0v) is 17.3. The summed E-state index contributed by atoms with van der Waals surface area (Å²) >= 11 is 5.84. The maximum atomic E-state index is 12.2. The van der Waals surface area contributed by atoms with Crippen LogP contribution in [0.4, 0.5) is 5.69 Å². The zero-order chi connectivity index (χ0) is 21.3. The van der Waals surface area contributed by atoms with Crippen LogP contribution in [0.3, 0.4) is 0 Å². The van der Waals surface area contributed by atoms with Crippen LogP contribution >= 0.6 is 11.6 Å². The predicted octanol–water partition coefficient (Wildman–Crippen LogP) is 2.59. The van der Waals surface area contributed by atoms with E-state index in [2.05, 4.69) is 10.0 Å². The third-order valence-corrected chi connectivity index (χ3v) is 5.23. The smallest absolute Gasteiger partial charge is 0.307 e. The summed E-state index contributed by atoms with van der Waals surface area (Å²) in [5.41, 5.74) is 0.486. The second kappa shape index (κ2) is 10.8. The summed E-state index contributed by atoms with van der Waals surface area (Å²) in [6.07, 6.45) is -0.125. The second-order valence-electron chi connectivity index (χ2n) is 5.88. The lowest BCUT2D eigenvalue weighted by molar-refractivity contribution is -0.144. The highest BCUT2D eigenvalue weighted by molar-refractivity contribution is 7.89. The fourth-order valence-electron chi connectivity index (χ4n) is 2.24. The molecule has 29 heavy (non-hydrogen) atoms. The minimum atomic E-state index is -3.77. The largest absolute Gasteiger partial charge is 0.490 e. The number of halogens is 1. The van der Waals surface area contributed by atoms with E-state index in [4.69, 9.17) is 21.1 Å². The summed E-state index contributed by atoms with van der Waals surface area (Å²) in [6.45, 7) is 1.43. The maximum absolute atomic E-state index is 12.2. The summed E-state index contributed by atoms with van der Waals surface area (Å²) in [6, 6.07) is 12.5. The van der Waals surface area contributed by atoms with Crippen LogP contribution in [0, 0.1) is 0 Å². The van der Waals surface area contributed by atoms with Gasteiger partial charge in [0.1, 0.15) is 19.0 Å². The van der Waals surface area contributed by atoms with Gasteiger partial charge in [0, 0.05) is 24.2 Å². The molecule has 1 amide bonds. The Balaban J connectivity index is 1.69. The number of esters is 1. The van der Waals surface area contributed by atoms with Crippen LogP contribution in [-0.2, 0) is 24.3 Å². The van der Waals surface area contributed by atoms with E-state index in [9.17, 15) is 18.0 Å². The Morgan fingerprint density at radius 2 is 1.79 bits per heavy atom. The molecule has 0 aromatic heterocycles. The van der Waals surface area contributed by atoms with Gasteiger partial charge in [0.2, 0.25) is 15.9 Å². The van der Waals surface area contributed by atoms with E-state index < -0.39 is 16.0 Å². The normalized spacial score (nSPS) is 11.0. The van der Waals surface area contributed by atoms with Gasteiger partial charge in [-0.2, -0.15) is 0 Å². The summed E-state index contributed by atoms with van der Waals surface area (Å²) in [5.74, 6) is -0.246. The van der Waals surface area contributed by atoms with E-state index in [1.807, 2.05) is 0 Å². The molecule has 0 radical (unpaired) electrons. The third kappa shape index (κ3) is 8.10. The molecule has 0 spiro atoms. The van der Waals surface area contributed by atoms with Gasteiger partial charge in [-0.25, -0.2) is 13.1 Å². The van der Waals surface area contributed by atoms with Crippen LogP contribution in [0.1, 0.15) is 13.3 Å². The van der Waals surface area contributed by atoms with E-state index in [1.54, 1.807) is 24.3 Å². The van der Waals surface area contributed by atoms with E-state index in [0.717, 1.165) is 0 Å². The predicted molar refractivity (Wildman–Crippen MR) is 108 cm³/mol. The Hall–Kier alpha value is -2.62. The van der Waals surface area contributed by atoms with Gasteiger partial charge in [-0.1, -0.05) is 17.7 Å². The minimum Gasteiger partial charge on any atom is -0.490 e. The molecule has 2 aromatic carbocycles. The number of sulfonamides is 1. The number of carbonyl (C=O) groups is 2. The number of rotatable bonds is 10. The van der Waals surface area contributed by atoms with Crippen molar-refractivity contribution in [3.8, 4) is 5.75 Å². The van der Waals surface area contributed by atoms with Crippen molar-refractivity contribution in [1.82, 2.24) is 4.72 Å². The Labute approximate surface area is 174 Å². The third-order valence-electron chi connectivity index (χ3n) is 3.52. The fraction of sp³-hybridized carbons (Fsp3) is 0.263. The molecule has 2 aromatic rings. The fourth-order valence-corrected chi connectivity index (χ4v) is 3.45. The first-order valence-corrected chi connectivity index (χ1v) is 10.5. The summed E-state index contributed by atoms with van der Waals surface area (Å²) in [7, 11) is -3.77. The molecule has 0 fully saturated rings. The highest BCUT2D eigenvalue weighted by Crippen LogP contribution is 2.17. The molecule has 10 heteroatoms. The van der Waals surface area contributed by atoms with Crippen molar-refractivity contribution in [2.45, 2.75) is 18.2 Å². The Kier molecular flexibility index (Phi) is 8.44.